The molecule has 2 aromatic rings. The molecule has 0 amide bonds. The second kappa shape index (κ2) is 7.02. The predicted molar refractivity (Wildman–Crippen MR) is 84.2 cm³/mol. The van der Waals surface area contributed by atoms with Gasteiger partial charge >= 0.3 is 0 Å². The maximum absolute atomic E-state index is 6.15. The lowest BCUT2D eigenvalue weighted by atomic mass is 10.1. The van der Waals surface area contributed by atoms with Crippen LogP contribution in [0.5, 0.6) is 0 Å². The highest BCUT2D eigenvalue weighted by Crippen LogP contribution is 2.26. The van der Waals surface area contributed by atoms with Crippen molar-refractivity contribution in [3.63, 3.8) is 0 Å². The van der Waals surface area contributed by atoms with Gasteiger partial charge in [0.15, 0.2) is 5.82 Å². The van der Waals surface area contributed by atoms with Crippen molar-refractivity contribution in [3.8, 4) is 11.5 Å². The number of likely N-dealkylation sites (N-methyl/N-ethyl adjacent to an activating group) is 1. The molecule has 1 atom stereocenters. The van der Waals surface area contributed by atoms with Gasteiger partial charge in [-0.3, -0.25) is 0 Å². The van der Waals surface area contributed by atoms with Gasteiger partial charge in [0.25, 0.3) is 5.89 Å². The Kier molecular flexibility index (Phi) is 5.33. The zero-order valence-electron chi connectivity index (χ0n) is 12.6. The van der Waals surface area contributed by atoms with Gasteiger partial charge in [-0.05, 0) is 37.7 Å². The molecule has 0 saturated heterocycles. The summed E-state index contributed by atoms with van der Waals surface area (Å²) in [5, 5.41) is 4.65. The van der Waals surface area contributed by atoms with Crippen LogP contribution in [0.15, 0.2) is 22.7 Å². The first-order valence-corrected chi connectivity index (χ1v) is 7.51. The molecule has 21 heavy (non-hydrogen) atoms. The minimum absolute atomic E-state index is 0.262. The van der Waals surface area contributed by atoms with E-state index in [2.05, 4.69) is 28.9 Å². The van der Waals surface area contributed by atoms with E-state index in [0.29, 0.717) is 23.3 Å². The van der Waals surface area contributed by atoms with Crippen molar-refractivity contribution >= 4 is 11.6 Å². The number of nitrogens with zero attached hydrogens (tertiary/aromatic N) is 3. The fourth-order valence-electron chi connectivity index (χ4n) is 2.16. The summed E-state index contributed by atoms with van der Waals surface area (Å²) in [6, 6.07) is 5.33. The molecular formula is C15H21ClN4O. The number of aromatic nitrogens is 2. The van der Waals surface area contributed by atoms with Crippen LogP contribution in [0.3, 0.4) is 0 Å². The largest absolute Gasteiger partial charge is 0.334 e. The van der Waals surface area contributed by atoms with E-state index < -0.39 is 0 Å². The number of nitrogens with two attached hydrogens (primary N) is 1. The molecule has 1 aromatic heterocycles. The highest BCUT2D eigenvalue weighted by Gasteiger charge is 2.18. The fraction of sp³-hybridized carbons (Fsp3) is 0.467. The Labute approximate surface area is 130 Å². The summed E-state index contributed by atoms with van der Waals surface area (Å²) in [6.07, 6.45) is 0. The topological polar surface area (TPSA) is 68.2 Å². The lowest BCUT2D eigenvalue weighted by Gasteiger charge is -2.20. The van der Waals surface area contributed by atoms with E-state index in [4.69, 9.17) is 21.9 Å². The smallest absolute Gasteiger partial charge is 0.258 e. The van der Waals surface area contributed by atoms with Crippen molar-refractivity contribution in [3.05, 3.63) is 34.6 Å². The van der Waals surface area contributed by atoms with Gasteiger partial charge in [0.2, 0.25) is 0 Å². The van der Waals surface area contributed by atoms with E-state index in [9.17, 15) is 0 Å². The number of aryl methyl sites for hydroxylation is 1. The Morgan fingerprint density at radius 1 is 1.33 bits per heavy atom. The van der Waals surface area contributed by atoms with Crippen LogP contribution in [0.1, 0.15) is 31.3 Å². The van der Waals surface area contributed by atoms with Crippen LogP contribution in [0, 0.1) is 6.92 Å². The van der Waals surface area contributed by atoms with Crippen molar-refractivity contribution in [1.29, 1.82) is 0 Å². The van der Waals surface area contributed by atoms with Crippen molar-refractivity contribution in [1.82, 2.24) is 15.0 Å². The molecule has 0 saturated carbocycles. The van der Waals surface area contributed by atoms with E-state index in [1.165, 1.54) is 0 Å². The van der Waals surface area contributed by atoms with E-state index in [-0.39, 0.29) is 6.04 Å². The molecule has 0 spiro atoms. The predicted octanol–water partition coefficient (Wildman–Crippen LogP) is 3.04. The minimum Gasteiger partial charge on any atom is -0.334 e. The Morgan fingerprint density at radius 3 is 2.71 bits per heavy atom. The molecule has 2 N–H and O–H groups in total. The molecule has 0 radical (unpaired) electrons. The van der Waals surface area contributed by atoms with Crippen molar-refractivity contribution in [2.75, 3.05) is 19.6 Å². The van der Waals surface area contributed by atoms with Crippen LogP contribution in [0.25, 0.3) is 11.5 Å². The zero-order chi connectivity index (χ0) is 15.4. The van der Waals surface area contributed by atoms with Crippen LogP contribution in [0.2, 0.25) is 5.02 Å². The molecule has 2 rings (SSSR count). The number of benzene rings is 1. The molecule has 0 aliphatic heterocycles. The minimum atomic E-state index is -0.262. The highest BCUT2D eigenvalue weighted by atomic mass is 35.5. The Bertz CT molecular complexity index is 595. The number of hydrogen-bond acceptors (Lipinski definition) is 5. The van der Waals surface area contributed by atoms with Gasteiger partial charge in [-0.25, -0.2) is 0 Å². The number of hydrogen-bond donors (Lipinski definition) is 1. The van der Waals surface area contributed by atoms with Crippen molar-refractivity contribution in [2.45, 2.75) is 26.8 Å². The third-order valence-electron chi connectivity index (χ3n) is 3.55. The Morgan fingerprint density at radius 2 is 2.05 bits per heavy atom. The van der Waals surface area contributed by atoms with E-state index >= 15 is 0 Å². The molecule has 114 valence electrons. The first-order chi connectivity index (χ1) is 10.0. The second-order valence-electron chi connectivity index (χ2n) is 5.01. The molecule has 0 aliphatic carbocycles. The molecule has 5 nitrogen and oxygen atoms in total. The van der Waals surface area contributed by atoms with Gasteiger partial charge in [-0.15, -0.1) is 0 Å². The van der Waals surface area contributed by atoms with Gasteiger partial charge in [-0.2, -0.15) is 4.98 Å². The third kappa shape index (κ3) is 3.81. The van der Waals surface area contributed by atoms with Crippen LogP contribution in [0.4, 0.5) is 0 Å². The average molecular weight is 309 g/mol. The summed E-state index contributed by atoms with van der Waals surface area (Å²) < 4.78 is 5.34. The molecule has 0 aliphatic rings. The van der Waals surface area contributed by atoms with Crippen molar-refractivity contribution in [2.24, 2.45) is 5.73 Å². The highest BCUT2D eigenvalue weighted by molar-refractivity contribution is 6.30. The Balaban J connectivity index is 2.19. The first kappa shape index (κ1) is 15.9. The van der Waals surface area contributed by atoms with Gasteiger partial charge in [0, 0.05) is 17.1 Å². The Hall–Kier alpha value is -1.43. The average Bonchev–Trinajstić information content (AvgIpc) is 2.96. The molecule has 0 bridgehead atoms. The lowest BCUT2D eigenvalue weighted by Crippen LogP contribution is -2.32. The zero-order valence-corrected chi connectivity index (χ0v) is 13.4. The first-order valence-electron chi connectivity index (χ1n) is 7.13. The fourth-order valence-corrected chi connectivity index (χ4v) is 2.33. The molecule has 1 unspecified atom stereocenters. The lowest BCUT2D eigenvalue weighted by molar-refractivity contribution is 0.278. The number of rotatable bonds is 6. The molecular weight excluding hydrogens is 288 g/mol. The van der Waals surface area contributed by atoms with Crippen LogP contribution in [-0.2, 0) is 0 Å². The van der Waals surface area contributed by atoms with Crippen LogP contribution < -0.4 is 5.73 Å². The molecule has 1 aromatic carbocycles. The maximum Gasteiger partial charge on any atom is 0.258 e. The van der Waals surface area contributed by atoms with Gasteiger partial charge in [0.1, 0.15) is 0 Å². The maximum atomic E-state index is 6.15. The van der Waals surface area contributed by atoms with E-state index in [0.717, 1.165) is 24.2 Å². The van der Waals surface area contributed by atoms with Gasteiger partial charge < -0.3 is 15.2 Å². The summed E-state index contributed by atoms with van der Waals surface area (Å²) in [6.45, 7) is 8.79. The summed E-state index contributed by atoms with van der Waals surface area (Å²) in [5.74, 6) is 0.983. The standard InChI is InChI=1S/C15H21ClN4O/c1-4-20(5-2)9-13(17)14-18-15(21-19-14)12-8-11(16)7-6-10(12)3/h6-8,13H,4-5,9,17H2,1-3H3. The summed E-state index contributed by atoms with van der Waals surface area (Å²) in [4.78, 5) is 6.64. The van der Waals surface area contributed by atoms with Crippen LogP contribution >= 0.6 is 11.6 Å². The van der Waals surface area contributed by atoms with E-state index in [1.807, 2.05) is 25.1 Å². The van der Waals surface area contributed by atoms with Crippen molar-refractivity contribution < 1.29 is 4.52 Å². The molecule has 0 fully saturated rings. The molecule has 1 heterocycles. The van der Waals surface area contributed by atoms with Crippen LogP contribution in [-0.4, -0.2) is 34.7 Å². The third-order valence-corrected chi connectivity index (χ3v) is 3.79. The summed E-state index contributed by atoms with van der Waals surface area (Å²) >= 11 is 6.02. The summed E-state index contributed by atoms with van der Waals surface area (Å²) in [7, 11) is 0. The number of halogens is 1. The van der Waals surface area contributed by atoms with Gasteiger partial charge in [-0.1, -0.05) is 36.7 Å². The normalized spacial score (nSPS) is 12.9. The summed E-state index contributed by atoms with van der Waals surface area (Å²) in [5.41, 5.74) is 8.03. The monoisotopic (exact) mass is 308 g/mol. The SMILES string of the molecule is CCN(CC)CC(N)c1noc(-c2cc(Cl)ccc2C)n1. The van der Waals surface area contributed by atoms with E-state index in [1.54, 1.807) is 0 Å². The molecule has 6 heteroatoms. The van der Waals surface area contributed by atoms with Gasteiger partial charge in [0.05, 0.1) is 6.04 Å². The second-order valence-corrected chi connectivity index (χ2v) is 5.45. The quantitative estimate of drug-likeness (QED) is 0.888.